The second kappa shape index (κ2) is 11.4. The maximum Gasteiger partial charge on any atom is 0.264 e. The molecule has 0 aromatic heterocycles. The van der Waals surface area contributed by atoms with E-state index in [1.807, 2.05) is 31.2 Å². The molecule has 0 saturated carbocycles. The molecule has 2 amide bonds. The lowest BCUT2D eigenvalue weighted by atomic mass is 10.1. The number of hydrogen-bond acceptors (Lipinski definition) is 4. The summed E-state index contributed by atoms with van der Waals surface area (Å²) in [6.45, 7) is 3.22. The largest absolute Gasteiger partial charge is 0.357 e. The predicted octanol–water partition coefficient (Wildman–Crippen LogP) is 4.01. The third-order valence-electron chi connectivity index (χ3n) is 5.57. The van der Waals surface area contributed by atoms with Crippen molar-refractivity contribution in [2.24, 2.45) is 0 Å². The van der Waals surface area contributed by atoms with E-state index in [4.69, 9.17) is 11.6 Å². The van der Waals surface area contributed by atoms with Gasteiger partial charge in [-0.3, -0.25) is 13.9 Å². The van der Waals surface area contributed by atoms with Crippen LogP contribution in [-0.4, -0.2) is 44.8 Å². The van der Waals surface area contributed by atoms with Crippen LogP contribution in [0.15, 0.2) is 83.8 Å². The summed E-state index contributed by atoms with van der Waals surface area (Å²) in [6.07, 6.45) is 0. The zero-order valence-electron chi connectivity index (χ0n) is 19.8. The lowest BCUT2D eigenvalue weighted by molar-refractivity contribution is -0.139. The summed E-state index contributed by atoms with van der Waals surface area (Å²) in [5.74, 6) is -0.859. The van der Waals surface area contributed by atoms with E-state index in [-0.39, 0.29) is 17.3 Å². The molecular weight excluding hydrogens is 486 g/mol. The zero-order valence-corrected chi connectivity index (χ0v) is 21.4. The number of halogens is 1. The Morgan fingerprint density at radius 2 is 1.63 bits per heavy atom. The van der Waals surface area contributed by atoms with Crippen molar-refractivity contribution >= 4 is 39.1 Å². The van der Waals surface area contributed by atoms with Crippen LogP contribution >= 0.6 is 11.6 Å². The molecule has 1 atom stereocenters. The number of rotatable bonds is 9. The Kier molecular flexibility index (Phi) is 8.53. The first-order valence-electron chi connectivity index (χ1n) is 11.0. The minimum Gasteiger partial charge on any atom is -0.357 e. The third-order valence-corrected chi connectivity index (χ3v) is 7.61. The van der Waals surface area contributed by atoms with E-state index in [1.54, 1.807) is 37.3 Å². The van der Waals surface area contributed by atoms with Gasteiger partial charge in [0.2, 0.25) is 11.8 Å². The third kappa shape index (κ3) is 6.41. The summed E-state index contributed by atoms with van der Waals surface area (Å²) in [4.78, 5) is 27.5. The fourth-order valence-corrected chi connectivity index (χ4v) is 5.20. The van der Waals surface area contributed by atoms with Crippen molar-refractivity contribution in [1.82, 2.24) is 10.2 Å². The number of hydrogen-bond donors (Lipinski definition) is 1. The van der Waals surface area contributed by atoms with E-state index in [2.05, 4.69) is 5.32 Å². The van der Waals surface area contributed by atoms with Gasteiger partial charge >= 0.3 is 0 Å². The molecule has 7 nitrogen and oxygen atoms in total. The van der Waals surface area contributed by atoms with Crippen LogP contribution in [0, 0.1) is 6.92 Å². The Morgan fingerprint density at radius 1 is 0.971 bits per heavy atom. The number of likely N-dealkylation sites (N-methyl/N-ethyl adjacent to an activating group) is 1. The van der Waals surface area contributed by atoms with Crippen LogP contribution < -0.4 is 9.62 Å². The molecule has 1 N–H and O–H groups in total. The van der Waals surface area contributed by atoms with Gasteiger partial charge in [0, 0.05) is 18.6 Å². The van der Waals surface area contributed by atoms with E-state index in [9.17, 15) is 18.0 Å². The minimum atomic E-state index is -4.10. The smallest absolute Gasteiger partial charge is 0.264 e. The molecule has 0 saturated heterocycles. The Bertz CT molecular complexity index is 1280. The standard InChI is InChI=1S/C26H28ClN3O4S/c1-19-8-7-9-21(16-19)17-29(20(2)26(32)28-3)25(31)18-30(23-10-5-4-6-11-23)35(33,34)24-14-12-22(27)13-15-24/h4-16,20H,17-18H2,1-3H3,(H,28,32)/t20-/m0/s1. The number of aryl methyl sites for hydroxylation is 1. The number of para-hydroxylation sites is 1. The van der Waals surface area contributed by atoms with Crippen LogP contribution in [-0.2, 0) is 26.2 Å². The van der Waals surface area contributed by atoms with Gasteiger partial charge in [-0.2, -0.15) is 0 Å². The Balaban J connectivity index is 2.00. The average molecular weight is 514 g/mol. The Labute approximate surface area is 211 Å². The van der Waals surface area contributed by atoms with E-state index in [0.29, 0.717) is 10.7 Å². The molecule has 35 heavy (non-hydrogen) atoms. The fourth-order valence-electron chi connectivity index (χ4n) is 3.66. The highest BCUT2D eigenvalue weighted by Gasteiger charge is 2.32. The molecule has 3 rings (SSSR count). The number of amides is 2. The maximum atomic E-state index is 13.6. The molecule has 3 aromatic carbocycles. The fraction of sp³-hybridized carbons (Fsp3) is 0.231. The molecule has 0 aliphatic heterocycles. The summed E-state index contributed by atoms with van der Waals surface area (Å²) in [5.41, 5.74) is 2.18. The van der Waals surface area contributed by atoms with Gasteiger partial charge in [0.05, 0.1) is 10.6 Å². The molecule has 0 spiro atoms. The van der Waals surface area contributed by atoms with Crippen LogP contribution in [0.5, 0.6) is 0 Å². The Morgan fingerprint density at radius 3 is 2.23 bits per heavy atom. The summed E-state index contributed by atoms with van der Waals surface area (Å²) in [6, 6.07) is 20.9. The zero-order chi connectivity index (χ0) is 25.6. The molecule has 9 heteroatoms. The summed E-state index contributed by atoms with van der Waals surface area (Å²) >= 11 is 5.94. The number of nitrogens with zero attached hydrogens (tertiary/aromatic N) is 2. The van der Waals surface area contributed by atoms with Crippen LogP contribution in [0.2, 0.25) is 5.02 Å². The summed E-state index contributed by atoms with van der Waals surface area (Å²) in [5, 5.41) is 2.96. The number of sulfonamides is 1. The molecule has 0 bridgehead atoms. The topological polar surface area (TPSA) is 86.8 Å². The van der Waals surface area contributed by atoms with Gasteiger partial charge in [0.15, 0.2) is 0 Å². The van der Waals surface area contributed by atoms with Gasteiger partial charge < -0.3 is 10.2 Å². The molecule has 3 aromatic rings. The molecule has 0 aliphatic rings. The lowest BCUT2D eigenvalue weighted by Gasteiger charge is -2.31. The first-order valence-corrected chi connectivity index (χ1v) is 12.8. The summed E-state index contributed by atoms with van der Waals surface area (Å²) < 4.78 is 28.2. The molecule has 0 aliphatic carbocycles. The Hall–Kier alpha value is -3.36. The van der Waals surface area contributed by atoms with Gasteiger partial charge in [0.25, 0.3) is 10.0 Å². The molecular formula is C26H28ClN3O4S. The van der Waals surface area contributed by atoms with Crippen molar-refractivity contribution in [3.05, 3.63) is 95.0 Å². The first-order chi connectivity index (χ1) is 16.6. The van der Waals surface area contributed by atoms with Crippen LogP contribution in [0.25, 0.3) is 0 Å². The van der Waals surface area contributed by atoms with Gasteiger partial charge in [0.1, 0.15) is 12.6 Å². The minimum absolute atomic E-state index is 0.00290. The number of carbonyl (C=O) groups is 2. The quantitative estimate of drug-likeness (QED) is 0.468. The van der Waals surface area contributed by atoms with E-state index in [0.717, 1.165) is 15.4 Å². The summed E-state index contributed by atoms with van der Waals surface area (Å²) in [7, 11) is -2.61. The van der Waals surface area contributed by atoms with Crippen molar-refractivity contribution in [2.75, 3.05) is 17.9 Å². The van der Waals surface area contributed by atoms with Crippen LogP contribution in [0.1, 0.15) is 18.1 Å². The SMILES string of the molecule is CNC(=O)[C@H](C)N(Cc1cccc(C)c1)C(=O)CN(c1ccccc1)S(=O)(=O)c1ccc(Cl)cc1. The predicted molar refractivity (Wildman–Crippen MR) is 138 cm³/mol. The van der Waals surface area contributed by atoms with E-state index < -0.39 is 28.5 Å². The lowest BCUT2D eigenvalue weighted by Crippen LogP contribution is -2.50. The van der Waals surface area contributed by atoms with E-state index >= 15 is 0 Å². The first kappa shape index (κ1) is 26.2. The van der Waals surface area contributed by atoms with Crippen molar-refractivity contribution in [3.63, 3.8) is 0 Å². The van der Waals surface area contributed by atoms with Crippen LogP contribution in [0.3, 0.4) is 0 Å². The van der Waals surface area contributed by atoms with Gasteiger partial charge in [-0.1, -0.05) is 59.6 Å². The highest BCUT2D eigenvalue weighted by atomic mass is 35.5. The van der Waals surface area contributed by atoms with Crippen molar-refractivity contribution in [2.45, 2.75) is 31.3 Å². The molecule has 184 valence electrons. The molecule has 0 fully saturated rings. The second-order valence-corrected chi connectivity index (χ2v) is 10.4. The molecule has 0 radical (unpaired) electrons. The van der Waals surface area contributed by atoms with Gasteiger partial charge in [-0.05, 0) is 55.8 Å². The van der Waals surface area contributed by atoms with Crippen molar-refractivity contribution in [1.29, 1.82) is 0 Å². The van der Waals surface area contributed by atoms with Gasteiger partial charge in [-0.25, -0.2) is 8.42 Å². The van der Waals surface area contributed by atoms with Crippen molar-refractivity contribution in [3.8, 4) is 0 Å². The highest BCUT2D eigenvalue weighted by molar-refractivity contribution is 7.92. The van der Waals surface area contributed by atoms with Gasteiger partial charge in [-0.15, -0.1) is 0 Å². The normalized spacial score (nSPS) is 12.0. The number of carbonyl (C=O) groups excluding carboxylic acids is 2. The molecule has 0 unspecified atom stereocenters. The monoisotopic (exact) mass is 513 g/mol. The average Bonchev–Trinajstić information content (AvgIpc) is 2.85. The highest BCUT2D eigenvalue weighted by Crippen LogP contribution is 2.25. The van der Waals surface area contributed by atoms with Crippen molar-refractivity contribution < 1.29 is 18.0 Å². The number of anilines is 1. The van der Waals surface area contributed by atoms with Crippen LogP contribution in [0.4, 0.5) is 5.69 Å². The maximum absolute atomic E-state index is 13.6. The van der Waals surface area contributed by atoms with E-state index in [1.165, 1.54) is 36.2 Å². The second-order valence-electron chi connectivity index (χ2n) is 8.10. The molecule has 0 heterocycles. The number of benzene rings is 3. The number of nitrogens with one attached hydrogen (secondary N) is 1.